The Kier molecular flexibility index (Phi) is 0.681. The summed E-state index contributed by atoms with van der Waals surface area (Å²) in [5.41, 5.74) is 5.09. The van der Waals surface area contributed by atoms with Crippen molar-refractivity contribution >= 4 is 5.69 Å². The molecule has 0 aliphatic carbocycles. The van der Waals surface area contributed by atoms with Gasteiger partial charge in [-0.25, -0.2) is 0 Å². The summed E-state index contributed by atoms with van der Waals surface area (Å²) in [5.74, 6) is -3.04. The molecule has 1 heterocycles. The molecular weight excluding hydrogens is 136 g/mol. The van der Waals surface area contributed by atoms with Crippen LogP contribution in [0.15, 0.2) is 18.3 Å². The minimum Gasteiger partial charge on any atom is -0.397 e. The molecule has 0 fully saturated rings. The lowest BCUT2D eigenvalue weighted by atomic mass is 10.0. The maximum absolute atomic E-state index is 8.04. The molecule has 2 nitrogen and oxygen atoms in total. The minimum atomic E-state index is -3.33. The molecule has 11 heavy (non-hydrogen) atoms. The van der Waals surface area contributed by atoms with E-state index in [1.165, 1.54) is 6.07 Å². The molecule has 1 rings (SSSR count). The van der Waals surface area contributed by atoms with Crippen LogP contribution >= 0.6 is 0 Å². The summed E-state index contributed by atoms with van der Waals surface area (Å²) in [4.78, 5) is 3.63. The van der Waals surface area contributed by atoms with Crippen molar-refractivity contribution in [2.45, 2.75) is 26.0 Å². The molecule has 0 amide bonds. The second-order valence-electron chi connectivity index (χ2n) is 1.98. The fraction of sp³-hybridized carbons (Fsp3) is 0.444. The van der Waals surface area contributed by atoms with Crippen LogP contribution in [0.3, 0.4) is 0 Å². The van der Waals surface area contributed by atoms with Gasteiger partial charge in [0, 0.05) is 18.0 Å². The molecule has 1 aromatic rings. The number of nitrogen functional groups attached to an aromatic ring is 1. The summed E-state index contributed by atoms with van der Waals surface area (Å²) < 4.78 is 67.2. The predicted molar refractivity (Wildman–Crippen MR) is 47.4 cm³/mol. The van der Waals surface area contributed by atoms with Gasteiger partial charge in [-0.05, 0) is 24.4 Å². The van der Waals surface area contributed by atoms with Crippen molar-refractivity contribution in [1.82, 2.24) is 4.98 Å². The highest BCUT2D eigenvalue weighted by Crippen LogP contribution is 2.16. The number of anilines is 1. The molecule has 1 unspecified atom stereocenters. The van der Waals surface area contributed by atoms with E-state index in [-0.39, 0.29) is 5.69 Å². The van der Waals surface area contributed by atoms with E-state index < -0.39 is 31.7 Å². The molecule has 0 saturated heterocycles. The number of aromatic nitrogens is 1. The third-order valence-electron chi connectivity index (χ3n) is 1.17. The van der Waals surface area contributed by atoms with E-state index in [2.05, 4.69) is 4.98 Å². The fourth-order valence-corrected chi connectivity index (χ4v) is 0.617. The van der Waals surface area contributed by atoms with Crippen LogP contribution < -0.4 is 5.73 Å². The third-order valence-corrected chi connectivity index (χ3v) is 1.17. The predicted octanol–water partition coefficient (Wildman–Crippen LogP) is 2.18. The number of rotatable bonds is 2. The summed E-state index contributed by atoms with van der Waals surface area (Å²) in [7, 11) is 0. The van der Waals surface area contributed by atoms with Crippen LogP contribution in [0.5, 0.6) is 0 Å². The summed E-state index contributed by atoms with van der Waals surface area (Å²) >= 11 is 0. The number of nitrogens with two attached hydrogens (primary N) is 1. The Morgan fingerprint density at radius 1 is 1.91 bits per heavy atom. The van der Waals surface area contributed by atoms with E-state index in [0.717, 1.165) is 12.3 Å². The molecule has 0 spiro atoms. The van der Waals surface area contributed by atoms with Gasteiger partial charge in [-0.1, -0.05) is 13.7 Å². The Bertz CT molecular complexity index is 476. The van der Waals surface area contributed by atoms with E-state index in [9.17, 15) is 0 Å². The highest BCUT2D eigenvalue weighted by molar-refractivity contribution is 5.35. The molecule has 60 valence electrons. The van der Waals surface area contributed by atoms with Crippen molar-refractivity contribution < 1.29 is 12.3 Å². The van der Waals surface area contributed by atoms with Crippen LogP contribution in [0, 0.1) is 0 Å². The first-order valence-corrected chi connectivity index (χ1v) is 2.97. The first-order chi connectivity index (χ1) is 8.75. The van der Waals surface area contributed by atoms with Gasteiger partial charge in [-0.2, -0.15) is 0 Å². The van der Waals surface area contributed by atoms with E-state index in [1.54, 1.807) is 0 Å². The van der Waals surface area contributed by atoms with E-state index >= 15 is 0 Å². The number of nitrogens with zero attached hydrogens (tertiary/aromatic N) is 1. The van der Waals surface area contributed by atoms with E-state index in [1.807, 2.05) is 0 Å². The monoisotopic (exact) mass is 159 g/mol. The Morgan fingerprint density at radius 2 is 2.82 bits per heavy atom. The van der Waals surface area contributed by atoms with Gasteiger partial charge in [0.15, 0.2) is 0 Å². The molecular formula is C9H14N2. The molecule has 0 aromatic carbocycles. The van der Waals surface area contributed by atoms with Crippen molar-refractivity contribution in [3.05, 3.63) is 24.0 Å². The van der Waals surface area contributed by atoms with Gasteiger partial charge in [-0.15, -0.1) is 0 Å². The molecule has 0 saturated carbocycles. The molecule has 0 aliphatic rings. The van der Waals surface area contributed by atoms with Gasteiger partial charge in [0.1, 0.15) is 0 Å². The molecule has 2 heteroatoms. The minimum absolute atomic E-state index is 0.191. The van der Waals surface area contributed by atoms with Gasteiger partial charge >= 0.3 is 0 Å². The normalized spacial score (nSPS) is 31.5. The van der Waals surface area contributed by atoms with Crippen molar-refractivity contribution in [3.63, 3.8) is 0 Å². The molecule has 0 radical (unpaired) electrons. The molecule has 2 N–H and O–H groups in total. The number of hydrogen-bond acceptors (Lipinski definition) is 2. The maximum Gasteiger partial charge on any atom is 0.0501 e. The second kappa shape index (κ2) is 3.37. The molecule has 1 atom stereocenters. The van der Waals surface area contributed by atoms with Gasteiger partial charge in [-0.3, -0.25) is 4.98 Å². The Labute approximate surface area is 80.1 Å². The zero-order valence-electron chi connectivity index (χ0n) is 14.8. The van der Waals surface area contributed by atoms with Crippen LogP contribution in [0.25, 0.3) is 0 Å². The van der Waals surface area contributed by atoms with Crippen LogP contribution in [0.4, 0.5) is 5.69 Å². The lowest BCUT2D eigenvalue weighted by Crippen LogP contribution is -1.95. The first-order valence-electron chi connectivity index (χ1n) is 7.47. The Balaban J connectivity index is 3.58. The maximum atomic E-state index is 8.04. The van der Waals surface area contributed by atoms with Crippen LogP contribution in [0.1, 0.15) is 44.0 Å². The molecule has 1 aromatic heterocycles. The summed E-state index contributed by atoms with van der Waals surface area (Å²) in [6.07, 6.45) is -2.27. The summed E-state index contributed by atoms with van der Waals surface area (Å²) in [6.45, 7) is -6.53. The fourth-order valence-electron chi connectivity index (χ4n) is 0.617. The van der Waals surface area contributed by atoms with Gasteiger partial charge in [0.2, 0.25) is 0 Å². The molecule has 0 bridgehead atoms. The second-order valence-corrected chi connectivity index (χ2v) is 1.98. The van der Waals surface area contributed by atoms with E-state index in [4.69, 9.17) is 18.1 Å². The highest BCUT2D eigenvalue weighted by atomic mass is 14.7. The molecule has 0 aliphatic heterocycles. The quantitative estimate of drug-likeness (QED) is 0.718. The third kappa shape index (κ3) is 1.93. The lowest BCUT2D eigenvalue weighted by Gasteiger charge is -2.06. The average molecular weight is 159 g/mol. The first kappa shape index (κ1) is 2.22. The van der Waals surface area contributed by atoms with Gasteiger partial charge < -0.3 is 5.73 Å². The zero-order chi connectivity index (χ0) is 16.0. The Morgan fingerprint density at radius 3 is 3.36 bits per heavy atom. The van der Waals surface area contributed by atoms with Crippen molar-refractivity contribution in [2.24, 2.45) is 0 Å². The largest absolute Gasteiger partial charge is 0.397 e. The van der Waals surface area contributed by atoms with Crippen molar-refractivity contribution in [1.29, 1.82) is 0 Å². The topological polar surface area (TPSA) is 38.9 Å². The van der Waals surface area contributed by atoms with Crippen molar-refractivity contribution in [3.8, 4) is 0 Å². The lowest BCUT2D eigenvalue weighted by molar-refractivity contribution is 0.708. The highest BCUT2D eigenvalue weighted by Gasteiger charge is 2.02. The van der Waals surface area contributed by atoms with E-state index in [0.29, 0.717) is 0 Å². The Hall–Kier alpha value is -1.05. The summed E-state index contributed by atoms with van der Waals surface area (Å²) in [6, 6.07) is 2.30. The van der Waals surface area contributed by atoms with Crippen LogP contribution in [-0.4, -0.2) is 4.98 Å². The van der Waals surface area contributed by atoms with Gasteiger partial charge in [0.25, 0.3) is 0 Å². The SMILES string of the molecule is [2H]C([2H])([2H])C([2H])([2H])C([2H])(c1ccc(N)cn1)C([2H])([2H])[2H]. The zero-order valence-corrected chi connectivity index (χ0v) is 5.76. The standard InChI is InChI=1S/C9H14N2/c1-3-7(2)9-5-4-8(10)6-11-9/h4-7H,3,10H2,1-2H3/i1D3,2D3,3D2,7D. The van der Waals surface area contributed by atoms with Crippen molar-refractivity contribution in [2.75, 3.05) is 5.73 Å². The smallest absolute Gasteiger partial charge is 0.0501 e. The number of hydrogen-bond donors (Lipinski definition) is 1. The average Bonchev–Trinajstić information content (AvgIpc) is 2.25. The number of pyridine rings is 1. The van der Waals surface area contributed by atoms with Gasteiger partial charge in [0.05, 0.1) is 11.9 Å². The summed E-state index contributed by atoms with van der Waals surface area (Å²) in [5, 5.41) is 0. The van der Waals surface area contributed by atoms with Crippen LogP contribution in [-0.2, 0) is 0 Å². The van der Waals surface area contributed by atoms with Crippen LogP contribution in [0.2, 0.25) is 0 Å².